The summed E-state index contributed by atoms with van der Waals surface area (Å²) in [5.74, 6) is 1.66. The molecule has 0 saturated heterocycles. The summed E-state index contributed by atoms with van der Waals surface area (Å²) in [7, 11) is 0. The van der Waals surface area contributed by atoms with Gasteiger partial charge in [-0.05, 0) is 18.8 Å². The monoisotopic (exact) mass is 458 g/mol. The largest absolute Gasteiger partial charge is 0.466 e. The average Bonchev–Trinajstić information content (AvgIpc) is 2.77. The van der Waals surface area contributed by atoms with E-state index in [2.05, 4.69) is 20.8 Å². The highest BCUT2D eigenvalue weighted by Crippen LogP contribution is 2.14. The molecule has 0 amide bonds. The maximum atomic E-state index is 11.8. The number of hydrogen-bond acceptors (Lipinski definition) is 5. The SMILES string of the molecule is CCCCCCCCCCCCOC(=O)CCSCCC(=O)OCC(CC)CCCC. The van der Waals surface area contributed by atoms with Crippen LogP contribution in [0.1, 0.15) is 124 Å². The van der Waals surface area contributed by atoms with Gasteiger partial charge in [-0.1, -0.05) is 97.8 Å². The van der Waals surface area contributed by atoms with Gasteiger partial charge in [0.25, 0.3) is 0 Å². The molecule has 0 aromatic heterocycles. The van der Waals surface area contributed by atoms with Gasteiger partial charge in [0.1, 0.15) is 0 Å². The van der Waals surface area contributed by atoms with Crippen LogP contribution >= 0.6 is 11.8 Å². The normalized spacial score (nSPS) is 12.0. The van der Waals surface area contributed by atoms with Gasteiger partial charge in [-0.15, -0.1) is 0 Å². The van der Waals surface area contributed by atoms with Crippen molar-refractivity contribution in [2.45, 2.75) is 124 Å². The second kappa shape index (κ2) is 23.9. The molecule has 0 N–H and O–H groups in total. The lowest BCUT2D eigenvalue weighted by atomic mass is 10.0. The van der Waals surface area contributed by atoms with Gasteiger partial charge in [0.15, 0.2) is 0 Å². The minimum absolute atomic E-state index is 0.118. The zero-order valence-corrected chi connectivity index (χ0v) is 21.6. The summed E-state index contributed by atoms with van der Waals surface area (Å²) in [6.45, 7) is 7.68. The molecule has 184 valence electrons. The standard InChI is InChI=1S/C26H50O4S/c1-4-7-9-10-11-12-13-14-15-16-20-29-25(27)18-21-31-22-19-26(28)30-23-24(6-3)17-8-5-2/h24H,4-23H2,1-3H3. The van der Waals surface area contributed by atoms with Crippen molar-refractivity contribution in [1.82, 2.24) is 0 Å². The summed E-state index contributed by atoms with van der Waals surface area (Å²) in [6.07, 6.45) is 18.2. The number of esters is 2. The van der Waals surface area contributed by atoms with Crippen molar-refractivity contribution in [3.63, 3.8) is 0 Å². The second-order valence-electron chi connectivity index (χ2n) is 8.61. The fourth-order valence-corrected chi connectivity index (χ4v) is 4.27. The van der Waals surface area contributed by atoms with Crippen LogP contribution < -0.4 is 0 Å². The molecule has 0 heterocycles. The summed E-state index contributed by atoms with van der Waals surface area (Å²) in [4.78, 5) is 23.6. The minimum Gasteiger partial charge on any atom is -0.466 e. The van der Waals surface area contributed by atoms with Gasteiger partial charge in [0.05, 0.1) is 26.1 Å². The number of thioether (sulfide) groups is 1. The molecule has 0 fully saturated rings. The van der Waals surface area contributed by atoms with Gasteiger partial charge < -0.3 is 9.47 Å². The highest BCUT2D eigenvalue weighted by atomic mass is 32.2. The molecule has 4 nitrogen and oxygen atoms in total. The van der Waals surface area contributed by atoms with Gasteiger partial charge in [0, 0.05) is 11.5 Å². The highest BCUT2D eigenvalue weighted by molar-refractivity contribution is 7.99. The molecule has 0 aliphatic rings. The maximum Gasteiger partial charge on any atom is 0.306 e. The molecule has 31 heavy (non-hydrogen) atoms. The van der Waals surface area contributed by atoms with E-state index in [-0.39, 0.29) is 11.9 Å². The first-order valence-corrected chi connectivity index (χ1v) is 14.2. The lowest BCUT2D eigenvalue weighted by Crippen LogP contribution is -2.14. The Kier molecular flexibility index (Phi) is 23.4. The van der Waals surface area contributed by atoms with Gasteiger partial charge in [0.2, 0.25) is 0 Å². The van der Waals surface area contributed by atoms with Crippen molar-refractivity contribution in [1.29, 1.82) is 0 Å². The fourth-order valence-electron chi connectivity index (χ4n) is 3.44. The predicted octanol–water partition coefficient (Wildman–Crippen LogP) is 7.72. The number of ether oxygens (including phenoxy) is 2. The lowest BCUT2D eigenvalue weighted by molar-refractivity contribution is -0.145. The number of carbonyl (C=O) groups is 2. The van der Waals surface area contributed by atoms with E-state index in [9.17, 15) is 9.59 Å². The molecular weight excluding hydrogens is 408 g/mol. The summed E-state index contributed by atoms with van der Waals surface area (Å²) < 4.78 is 10.7. The predicted molar refractivity (Wildman–Crippen MR) is 134 cm³/mol. The molecule has 1 unspecified atom stereocenters. The smallest absolute Gasteiger partial charge is 0.306 e. The van der Waals surface area contributed by atoms with Crippen LogP contribution in [0.3, 0.4) is 0 Å². The number of hydrogen-bond donors (Lipinski definition) is 0. The van der Waals surface area contributed by atoms with E-state index in [1.54, 1.807) is 11.8 Å². The first-order chi connectivity index (χ1) is 15.1. The van der Waals surface area contributed by atoms with Crippen molar-refractivity contribution in [3.05, 3.63) is 0 Å². The van der Waals surface area contributed by atoms with E-state index >= 15 is 0 Å². The Labute approximate surface area is 197 Å². The topological polar surface area (TPSA) is 52.6 Å². The molecule has 0 saturated carbocycles. The molecular formula is C26H50O4S. The number of carbonyl (C=O) groups excluding carboxylic acids is 2. The molecule has 5 heteroatoms. The Hall–Kier alpha value is -0.710. The zero-order valence-electron chi connectivity index (χ0n) is 20.8. The van der Waals surface area contributed by atoms with Crippen LogP contribution in [0, 0.1) is 5.92 Å². The third-order valence-electron chi connectivity index (χ3n) is 5.69. The molecule has 0 bridgehead atoms. The van der Waals surface area contributed by atoms with Crippen LogP contribution in [0.15, 0.2) is 0 Å². The van der Waals surface area contributed by atoms with Crippen LogP contribution in [-0.4, -0.2) is 36.7 Å². The van der Waals surface area contributed by atoms with Crippen LogP contribution in [0.2, 0.25) is 0 Å². The molecule has 0 rings (SSSR count). The maximum absolute atomic E-state index is 11.8. The number of rotatable bonds is 23. The van der Waals surface area contributed by atoms with Crippen molar-refractivity contribution in [2.75, 3.05) is 24.7 Å². The Morgan fingerprint density at radius 3 is 1.74 bits per heavy atom. The summed E-state index contributed by atoms with van der Waals surface area (Å²) in [5, 5.41) is 0. The van der Waals surface area contributed by atoms with Gasteiger partial charge in [-0.2, -0.15) is 11.8 Å². The van der Waals surface area contributed by atoms with Crippen molar-refractivity contribution in [2.24, 2.45) is 5.92 Å². The quantitative estimate of drug-likeness (QED) is 0.116. The minimum atomic E-state index is -0.119. The van der Waals surface area contributed by atoms with Gasteiger partial charge in [-0.3, -0.25) is 9.59 Å². The van der Waals surface area contributed by atoms with Gasteiger partial charge in [-0.25, -0.2) is 0 Å². The average molecular weight is 459 g/mol. The molecule has 0 spiro atoms. The van der Waals surface area contributed by atoms with Crippen molar-refractivity contribution < 1.29 is 19.1 Å². The van der Waals surface area contributed by atoms with Crippen molar-refractivity contribution >= 4 is 23.7 Å². The van der Waals surface area contributed by atoms with E-state index in [0.717, 1.165) is 25.7 Å². The molecule has 0 radical (unpaired) electrons. The highest BCUT2D eigenvalue weighted by Gasteiger charge is 2.10. The fraction of sp³-hybridized carbons (Fsp3) is 0.923. The second-order valence-corrected chi connectivity index (χ2v) is 9.84. The van der Waals surface area contributed by atoms with Gasteiger partial charge >= 0.3 is 11.9 Å². The Morgan fingerprint density at radius 2 is 1.19 bits per heavy atom. The van der Waals surface area contributed by atoms with Crippen LogP contribution in [0.5, 0.6) is 0 Å². The zero-order chi connectivity index (χ0) is 23.0. The Morgan fingerprint density at radius 1 is 0.677 bits per heavy atom. The third kappa shape index (κ3) is 22.3. The van der Waals surface area contributed by atoms with Crippen LogP contribution in [-0.2, 0) is 19.1 Å². The molecule has 0 aromatic carbocycles. The Bertz CT molecular complexity index is 414. The summed E-state index contributed by atoms with van der Waals surface area (Å²) in [5.41, 5.74) is 0. The van der Waals surface area contributed by atoms with Crippen LogP contribution in [0.4, 0.5) is 0 Å². The molecule has 1 atom stereocenters. The van der Waals surface area contributed by atoms with E-state index in [0.29, 0.717) is 43.5 Å². The third-order valence-corrected chi connectivity index (χ3v) is 6.67. The summed E-state index contributed by atoms with van der Waals surface area (Å²) >= 11 is 1.62. The summed E-state index contributed by atoms with van der Waals surface area (Å²) in [6, 6.07) is 0. The van der Waals surface area contributed by atoms with Crippen molar-refractivity contribution in [3.8, 4) is 0 Å². The van der Waals surface area contributed by atoms with E-state index < -0.39 is 0 Å². The Balaban J connectivity index is 3.41. The lowest BCUT2D eigenvalue weighted by Gasteiger charge is -2.14. The molecule has 0 aliphatic carbocycles. The first kappa shape index (κ1) is 30.3. The number of unbranched alkanes of at least 4 members (excludes halogenated alkanes) is 10. The van der Waals surface area contributed by atoms with E-state index in [1.807, 2.05) is 0 Å². The molecule has 0 aromatic rings. The van der Waals surface area contributed by atoms with E-state index in [4.69, 9.17) is 9.47 Å². The van der Waals surface area contributed by atoms with Crippen LogP contribution in [0.25, 0.3) is 0 Å². The first-order valence-electron chi connectivity index (χ1n) is 13.0. The molecule has 0 aliphatic heterocycles. The van der Waals surface area contributed by atoms with E-state index in [1.165, 1.54) is 64.2 Å².